The highest BCUT2D eigenvalue weighted by molar-refractivity contribution is 5.95. The fourth-order valence-corrected chi connectivity index (χ4v) is 3.66. The smallest absolute Gasteiger partial charge is 0.247 e. The minimum Gasteiger partial charge on any atom is -0.437 e. The monoisotopic (exact) mass is 369 g/mol. The van der Waals surface area contributed by atoms with Crippen molar-refractivity contribution in [3.63, 3.8) is 0 Å². The van der Waals surface area contributed by atoms with Crippen LogP contribution in [0.5, 0.6) is 0 Å². The normalized spacial score (nSPS) is 14.9. The van der Waals surface area contributed by atoms with Gasteiger partial charge in [0.2, 0.25) is 11.8 Å². The molecular formula is C23H19N3O2. The van der Waals surface area contributed by atoms with Crippen molar-refractivity contribution in [2.45, 2.75) is 6.42 Å². The molecule has 1 amide bonds. The van der Waals surface area contributed by atoms with Gasteiger partial charge in [-0.2, -0.15) is 0 Å². The average molecular weight is 369 g/mol. The van der Waals surface area contributed by atoms with Crippen LogP contribution >= 0.6 is 0 Å². The maximum Gasteiger partial charge on any atom is 0.247 e. The lowest BCUT2D eigenvalue weighted by atomic mass is 9.99. The van der Waals surface area contributed by atoms with E-state index in [0.717, 1.165) is 23.0 Å². The Bertz CT molecular complexity index is 1200. The molecule has 2 aromatic carbocycles. The van der Waals surface area contributed by atoms with Crippen LogP contribution in [0.25, 0.3) is 33.7 Å². The highest BCUT2D eigenvalue weighted by atomic mass is 16.3. The minimum atomic E-state index is -0.0310. The maximum absolute atomic E-state index is 12.5. The summed E-state index contributed by atoms with van der Waals surface area (Å²) in [5, 5.41) is 1.23. The first-order chi connectivity index (χ1) is 13.8. The Morgan fingerprint density at radius 3 is 2.86 bits per heavy atom. The minimum absolute atomic E-state index is 0.0310. The summed E-state index contributed by atoms with van der Waals surface area (Å²) in [7, 11) is 0. The molecule has 0 saturated carbocycles. The number of nitrogens with one attached hydrogen (secondary N) is 1. The number of rotatable bonds is 3. The number of benzene rings is 2. The fourth-order valence-electron chi connectivity index (χ4n) is 3.66. The van der Waals surface area contributed by atoms with Crippen LogP contribution < -0.4 is 0 Å². The predicted molar refractivity (Wildman–Crippen MR) is 111 cm³/mol. The average Bonchev–Trinajstić information content (AvgIpc) is 3.36. The van der Waals surface area contributed by atoms with Crippen LogP contribution in [0.3, 0.4) is 0 Å². The number of amides is 1. The van der Waals surface area contributed by atoms with Gasteiger partial charge in [-0.1, -0.05) is 36.4 Å². The summed E-state index contributed by atoms with van der Waals surface area (Å²) in [5.74, 6) is 0.415. The highest BCUT2D eigenvalue weighted by Gasteiger charge is 2.18. The van der Waals surface area contributed by atoms with Gasteiger partial charge in [0, 0.05) is 47.9 Å². The fraction of sp³-hybridized carbons (Fsp3) is 0.130. The lowest BCUT2D eigenvalue weighted by Gasteiger charge is -2.25. The molecule has 138 valence electrons. The summed E-state index contributed by atoms with van der Waals surface area (Å²) in [5.41, 5.74) is 5.16. The second-order valence-electron chi connectivity index (χ2n) is 6.86. The van der Waals surface area contributed by atoms with Crippen LogP contribution in [-0.4, -0.2) is 33.9 Å². The van der Waals surface area contributed by atoms with Gasteiger partial charge in [0.25, 0.3) is 0 Å². The second-order valence-corrected chi connectivity index (χ2v) is 6.86. The van der Waals surface area contributed by atoms with Crippen molar-refractivity contribution in [2.24, 2.45) is 0 Å². The molecule has 1 N–H and O–H groups in total. The van der Waals surface area contributed by atoms with Crippen LogP contribution in [0, 0.1) is 0 Å². The number of hydrogen-bond donors (Lipinski definition) is 1. The molecule has 4 aromatic rings. The van der Waals surface area contributed by atoms with Crippen molar-refractivity contribution < 1.29 is 9.21 Å². The van der Waals surface area contributed by atoms with Gasteiger partial charge in [-0.25, -0.2) is 4.98 Å². The number of nitrogens with zero attached hydrogens (tertiary/aromatic N) is 2. The van der Waals surface area contributed by atoms with Crippen molar-refractivity contribution in [3.8, 4) is 0 Å². The summed E-state index contributed by atoms with van der Waals surface area (Å²) in [4.78, 5) is 22.0. The molecule has 3 heterocycles. The first-order valence-electron chi connectivity index (χ1n) is 9.36. The van der Waals surface area contributed by atoms with Crippen molar-refractivity contribution in [1.82, 2.24) is 14.9 Å². The molecule has 0 fully saturated rings. The van der Waals surface area contributed by atoms with Gasteiger partial charge in [0.1, 0.15) is 5.52 Å². The van der Waals surface area contributed by atoms with Gasteiger partial charge in [-0.05, 0) is 30.2 Å². The zero-order chi connectivity index (χ0) is 18.9. The van der Waals surface area contributed by atoms with Gasteiger partial charge >= 0.3 is 0 Å². The molecule has 0 unspecified atom stereocenters. The summed E-state index contributed by atoms with van der Waals surface area (Å²) in [6.45, 7) is 1.30. The molecule has 0 bridgehead atoms. The maximum atomic E-state index is 12.5. The zero-order valence-electron chi connectivity index (χ0n) is 15.3. The quantitative estimate of drug-likeness (QED) is 0.535. The van der Waals surface area contributed by atoms with Gasteiger partial charge in [0.15, 0.2) is 5.58 Å². The zero-order valence-corrected chi connectivity index (χ0v) is 15.3. The lowest BCUT2D eigenvalue weighted by molar-refractivity contribution is -0.125. The van der Waals surface area contributed by atoms with Crippen molar-refractivity contribution in [3.05, 3.63) is 78.3 Å². The van der Waals surface area contributed by atoms with Crippen LogP contribution in [0.15, 0.2) is 71.3 Å². The number of para-hydroxylation sites is 3. The van der Waals surface area contributed by atoms with Crippen molar-refractivity contribution in [2.75, 3.05) is 13.1 Å². The second kappa shape index (κ2) is 6.85. The van der Waals surface area contributed by atoms with Crippen LogP contribution in [0.4, 0.5) is 0 Å². The number of fused-ring (bicyclic) bond motifs is 2. The van der Waals surface area contributed by atoms with E-state index in [1.807, 2.05) is 35.2 Å². The Morgan fingerprint density at radius 2 is 2.00 bits per heavy atom. The highest BCUT2D eigenvalue weighted by Crippen LogP contribution is 2.29. The third-order valence-corrected chi connectivity index (χ3v) is 5.13. The van der Waals surface area contributed by atoms with E-state index in [1.165, 1.54) is 22.6 Å². The van der Waals surface area contributed by atoms with Crippen molar-refractivity contribution in [1.29, 1.82) is 0 Å². The van der Waals surface area contributed by atoms with E-state index in [4.69, 9.17) is 4.42 Å². The first-order valence-corrected chi connectivity index (χ1v) is 9.36. The van der Waals surface area contributed by atoms with E-state index in [2.05, 4.69) is 40.4 Å². The van der Waals surface area contributed by atoms with Crippen LogP contribution in [-0.2, 0) is 4.79 Å². The number of carbonyl (C=O) groups excluding carboxylic acids is 1. The summed E-state index contributed by atoms with van der Waals surface area (Å²) in [6, 6.07) is 15.9. The van der Waals surface area contributed by atoms with E-state index in [-0.39, 0.29) is 5.91 Å². The number of hydrogen-bond acceptors (Lipinski definition) is 3. The molecule has 0 atom stereocenters. The van der Waals surface area contributed by atoms with Crippen LogP contribution in [0.2, 0.25) is 0 Å². The Labute approximate surface area is 162 Å². The SMILES string of the molecule is O=C(/C=C/c1nc2ccccc2o1)N1CC=C(c2c[nH]c3ccccc23)CC1. The van der Waals surface area contributed by atoms with E-state index >= 15 is 0 Å². The Morgan fingerprint density at radius 1 is 1.14 bits per heavy atom. The molecule has 0 aliphatic carbocycles. The number of carbonyl (C=O) groups is 1. The topological polar surface area (TPSA) is 62.1 Å². The molecule has 5 heteroatoms. The molecule has 2 aromatic heterocycles. The van der Waals surface area contributed by atoms with Gasteiger partial charge in [-0.15, -0.1) is 0 Å². The van der Waals surface area contributed by atoms with E-state index in [0.29, 0.717) is 19.0 Å². The Hall–Kier alpha value is -3.60. The van der Waals surface area contributed by atoms with Gasteiger partial charge in [0.05, 0.1) is 0 Å². The van der Waals surface area contributed by atoms with Crippen LogP contribution in [0.1, 0.15) is 17.9 Å². The third-order valence-electron chi connectivity index (χ3n) is 5.13. The number of oxazole rings is 1. The molecule has 5 nitrogen and oxygen atoms in total. The van der Waals surface area contributed by atoms with Crippen molar-refractivity contribution >= 4 is 39.6 Å². The Kier molecular flexibility index (Phi) is 4.05. The number of aromatic nitrogens is 2. The van der Waals surface area contributed by atoms with E-state index in [9.17, 15) is 4.79 Å². The molecule has 28 heavy (non-hydrogen) atoms. The Balaban J connectivity index is 1.29. The van der Waals surface area contributed by atoms with E-state index in [1.54, 1.807) is 6.08 Å². The van der Waals surface area contributed by atoms with Gasteiger partial charge < -0.3 is 14.3 Å². The molecule has 0 radical (unpaired) electrons. The summed E-state index contributed by atoms with van der Waals surface area (Å²) < 4.78 is 5.63. The molecule has 0 spiro atoms. The van der Waals surface area contributed by atoms with E-state index < -0.39 is 0 Å². The van der Waals surface area contributed by atoms with Gasteiger partial charge in [-0.3, -0.25) is 4.79 Å². The lowest BCUT2D eigenvalue weighted by Crippen LogP contribution is -2.33. The third kappa shape index (κ3) is 3.01. The molecule has 5 rings (SSSR count). The summed E-state index contributed by atoms with van der Waals surface area (Å²) >= 11 is 0. The molecular weight excluding hydrogens is 350 g/mol. The molecule has 1 aliphatic heterocycles. The standard InChI is InChI=1S/C23H19N3O2/c27-23(10-9-22-25-20-7-3-4-8-21(20)28-22)26-13-11-16(12-14-26)18-15-24-19-6-2-1-5-17(18)19/h1-11,15,24H,12-14H2/b10-9+. The molecule has 0 saturated heterocycles. The first kappa shape index (κ1) is 16.6. The molecule has 1 aliphatic rings. The summed E-state index contributed by atoms with van der Waals surface area (Å²) in [6.07, 6.45) is 8.21. The number of aromatic amines is 1. The number of H-pyrrole nitrogens is 1. The predicted octanol–water partition coefficient (Wildman–Crippen LogP) is 4.64. The largest absolute Gasteiger partial charge is 0.437 e.